The van der Waals surface area contributed by atoms with E-state index in [0.717, 1.165) is 6.07 Å². The summed E-state index contributed by atoms with van der Waals surface area (Å²) in [5.74, 6) is -0.658. The van der Waals surface area contributed by atoms with Gasteiger partial charge in [-0.3, -0.25) is 0 Å². The van der Waals surface area contributed by atoms with E-state index in [2.05, 4.69) is 19.7 Å². The largest absolute Gasteiger partial charge is 0.573 e. The Morgan fingerprint density at radius 1 is 1.14 bits per heavy atom. The van der Waals surface area contributed by atoms with Crippen molar-refractivity contribution in [2.75, 3.05) is 12.3 Å². The van der Waals surface area contributed by atoms with E-state index in [9.17, 15) is 13.2 Å². The molecule has 6 nitrogen and oxygen atoms in total. The molecule has 0 aliphatic rings. The molecule has 0 unspecified atom stereocenters. The van der Waals surface area contributed by atoms with Crippen LogP contribution in [0.25, 0.3) is 11.4 Å². The molecule has 21 heavy (non-hydrogen) atoms. The number of rotatable bonds is 4. The van der Waals surface area contributed by atoms with E-state index in [-0.39, 0.29) is 30.0 Å². The summed E-state index contributed by atoms with van der Waals surface area (Å²) in [7, 11) is 0. The van der Waals surface area contributed by atoms with E-state index in [1.165, 1.54) is 18.2 Å². The zero-order valence-electron chi connectivity index (χ0n) is 10.9. The summed E-state index contributed by atoms with van der Waals surface area (Å²) in [6, 6.07) is 5.40. The van der Waals surface area contributed by atoms with Crippen LogP contribution in [-0.4, -0.2) is 27.9 Å². The van der Waals surface area contributed by atoms with Gasteiger partial charge in [-0.15, -0.1) is 13.2 Å². The fourth-order valence-electron chi connectivity index (χ4n) is 1.55. The normalized spacial score (nSPS) is 11.2. The third kappa shape index (κ3) is 3.94. The molecule has 1 aromatic carbocycles. The molecule has 0 radical (unpaired) electrons. The number of aromatic nitrogens is 3. The maximum Gasteiger partial charge on any atom is 0.573 e. The number of ether oxygens (including phenoxy) is 2. The van der Waals surface area contributed by atoms with Crippen molar-refractivity contribution < 1.29 is 22.6 Å². The lowest BCUT2D eigenvalue weighted by atomic mass is 10.2. The molecule has 0 fully saturated rings. The summed E-state index contributed by atoms with van der Waals surface area (Å²) < 4.78 is 46.2. The van der Waals surface area contributed by atoms with Gasteiger partial charge < -0.3 is 15.2 Å². The Kier molecular flexibility index (Phi) is 4.10. The van der Waals surface area contributed by atoms with E-state index < -0.39 is 12.1 Å². The molecule has 0 saturated carbocycles. The quantitative estimate of drug-likeness (QED) is 0.933. The highest BCUT2D eigenvalue weighted by Gasteiger charge is 2.32. The van der Waals surface area contributed by atoms with Gasteiger partial charge in [0.15, 0.2) is 5.82 Å². The summed E-state index contributed by atoms with van der Waals surface area (Å²) in [6.07, 6.45) is -4.82. The van der Waals surface area contributed by atoms with Crippen LogP contribution in [-0.2, 0) is 0 Å². The van der Waals surface area contributed by atoms with Gasteiger partial charge in [0.2, 0.25) is 5.95 Å². The van der Waals surface area contributed by atoms with E-state index in [1.807, 2.05) is 0 Å². The zero-order chi connectivity index (χ0) is 15.5. The topological polar surface area (TPSA) is 83.2 Å². The van der Waals surface area contributed by atoms with Crippen molar-refractivity contribution in [1.82, 2.24) is 15.0 Å². The van der Waals surface area contributed by atoms with Gasteiger partial charge in [-0.1, -0.05) is 12.1 Å². The lowest BCUT2D eigenvalue weighted by Gasteiger charge is -2.12. The third-order valence-electron chi connectivity index (χ3n) is 2.26. The van der Waals surface area contributed by atoms with Crippen LogP contribution in [0.2, 0.25) is 0 Å². The van der Waals surface area contributed by atoms with Crippen molar-refractivity contribution >= 4 is 5.95 Å². The van der Waals surface area contributed by atoms with Crippen LogP contribution in [0.5, 0.6) is 11.8 Å². The number of hydrogen-bond donors (Lipinski definition) is 1. The molecule has 0 amide bonds. The maximum absolute atomic E-state index is 12.4. The number of benzene rings is 1. The summed E-state index contributed by atoms with van der Waals surface area (Å²) in [5, 5.41) is 0. The molecule has 0 saturated heterocycles. The first-order valence-electron chi connectivity index (χ1n) is 5.88. The highest BCUT2D eigenvalue weighted by atomic mass is 19.4. The van der Waals surface area contributed by atoms with Gasteiger partial charge in [0, 0.05) is 0 Å². The number of para-hydroxylation sites is 1. The van der Waals surface area contributed by atoms with Gasteiger partial charge in [0.05, 0.1) is 12.2 Å². The summed E-state index contributed by atoms with van der Waals surface area (Å²) in [5.41, 5.74) is 5.53. The summed E-state index contributed by atoms with van der Waals surface area (Å²) in [4.78, 5) is 11.4. The molecule has 0 atom stereocenters. The van der Waals surface area contributed by atoms with E-state index in [1.54, 1.807) is 6.92 Å². The lowest BCUT2D eigenvalue weighted by molar-refractivity contribution is -0.274. The smallest absolute Gasteiger partial charge is 0.464 e. The third-order valence-corrected chi connectivity index (χ3v) is 2.26. The highest BCUT2D eigenvalue weighted by Crippen LogP contribution is 2.32. The van der Waals surface area contributed by atoms with Crippen LogP contribution < -0.4 is 15.2 Å². The van der Waals surface area contributed by atoms with Gasteiger partial charge in [-0.25, -0.2) is 0 Å². The average Bonchev–Trinajstić information content (AvgIpc) is 2.37. The van der Waals surface area contributed by atoms with Crippen LogP contribution in [0.1, 0.15) is 6.92 Å². The van der Waals surface area contributed by atoms with Crippen molar-refractivity contribution in [2.45, 2.75) is 13.3 Å². The van der Waals surface area contributed by atoms with Crippen LogP contribution in [0, 0.1) is 0 Å². The van der Waals surface area contributed by atoms with Crippen LogP contribution in [0.15, 0.2) is 24.3 Å². The van der Waals surface area contributed by atoms with Gasteiger partial charge in [-0.2, -0.15) is 15.0 Å². The van der Waals surface area contributed by atoms with Crippen molar-refractivity contribution in [2.24, 2.45) is 0 Å². The number of alkyl halides is 3. The first kappa shape index (κ1) is 14.8. The average molecular weight is 300 g/mol. The molecule has 0 spiro atoms. The summed E-state index contributed by atoms with van der Waals surface area (Å²) >= 11 is 0. The monoisotopic (exact) mass is 300 g/mol. The van der Waals surface area contributed by atoms with Crippen molar-refractivity contribution in [1.29, 1.82) is 0 Å². The number of nitrogens with two attached hydrogens (primary N) is 1. The first-order chi connectivity index (χ1) is 9.89. The minimum absolute atomic E-state index is 0.0323. The van der Waals surface area contributed by atoms with Crippen LogP contribution in [0.4, 0.5) is 19.1 Å². The second-order valence-corrected chi connectivity index (χ2v) is 3.78. The van der Waals surface area contributed by atoms with E-state index in [0.29, 0.717) is 0 Å². The van der Waals surface area contributed by atoms with Crippen molar-refractivity contribution in [3.05, 3.63) is 24.3 Å². The molecule has 2 aromatic rings. The standard InChI is InChI=1S/C12H11F3N4O2/c1-2-20-11-18-9(17-10(16)19-11)7-5-3-4-6-8(7)21-12(13,14)15/h3-6H,2H2,1H3,(H2,16,17,18,19). The predicted octanol–water partition coefficient (Wildman–Crippen LogP) is 2.42. The minimum atomic E-state index is -4.82. The number of nitrogen functional groups attached to an aromatic ring is 1. The predicted molar refractivity (Wildman–Crippen MR) is 67.5 cm³/mol. The Balaban J connectivity index is 2.46. The van der Waals surface area contributed by atoms with Crippen LogP contribution >= 0.6 is 0 Å². The fourth-order valence-corrected chi connectivity index (χ4v) is 1.55. The molecule has 0 aliphatic heterocycles. The van der Waals surface area contributed by atoms with Crippen molar-refractivity contribution in [3.8, 4) is 23.1 Å². The van der Waals surface area contributed by atoms with Crippen molar-refractivity contribution in [3.63, 3.8) is 0 Å². The minimum Gasteiger partial charge on any atom is -0.464 e. The Morgan fingerprint density at radius 3 is 2.52 bits per heavy atom. The van der Waals surface area contributed by atoms with Crippen LogP contribution in [0.3, 0.4) is 0 Å². The fraction of sp³-hybridized carbons (Fsp3) is 0.250. The van der Waals surface area contributed by atoms with E-state index >= 15 is 0 Å². The Morgan fingerprint density at radius 2 is 1.86 bits per heavy atom. The van der Waals surface area contributed by atoms with E-state index in [4.69, 9.17) is 10.5 Å². The lowest BCUT2D eigenvalue weighted by Crippen LogP contribution is -2.17. The van der Waals surface area contributed by atoms with Gasteiger partial charge in [0.25, 0.3) is 0 Å². The zero-order valence-corrected chi connectivity index (χ0v) is 10.9. The molecule has 9 heteroatoms. The number of nitrogens with zero attached hydrogens (tertiary/aromatic N) is 3. The maximum atomic E-state index is 12.4. The number of halogens is 3. The second-order valence-electron chi connectivity index (χ2n) is 3.78. The Bertz CT molecular complexity index is 634. The number of hydrogen-bond acceptors (Lipinski definition) is 6. The molecule has 112 valence electrons. The molecule has 0 aliphatic carbocycles. The first-order valence-corrected chi connectivity index (χ1v) is 5.88. The molecule has 1 heterocycles. The SMILES string of the molecule is CCOc1nc(N)nc(-c2ccccc2OC(F)(F)F)n1. The number of anilines is 1. The Hall–Kier alpha value is -2.58. The molecular formula is C12H11F3N4O2. The van der Waals surface area contributed by atoms with Gasteiger partial charge in [-0.05, 0) is 19.1 Å². The summed E-state index contributed by atoms with van der Waals surface area (Å²) in [6.45, 7) is 1.99. The highest BCUT2D eigenvalue weighted by molar-refractivity contribution is 5.64. The van der Waals surface area contributed by atoms with Gasteiger partial charge >= 0.3 is 12.4 Å². The molecule has 1 aromatic heterocycles. The molecule has 2 rings (SSSR count). The molecule has 0 bridgehead atoms. The van der Waals surface area contributed by atoms with Gasteiger partial charge in [0.1, 0.15) is 5.75 Å². The molecular weight excluding hydrogens is 289 g/mol. The Labute approximate surface area is 117 Å². The molecule has 2 N–H and O–H groups in total. The second kappa shape index (κ2) is 5.81.